The summed E-state index contributed by atoms with van der Waals surface area (Å²) in [5, 5.41) is 9.31. The summed E-state index contributed by atoms with van der Waals surface area (Å²) < 4.78 is 0. The van der Waals surface area contributed by atoms with Crippen molar-refractivity contribution in [2.45, 2.75) is 33.1 Å². The van der Waals surface area contributed by atoms with Crippen LogP contribution in [0.1, 0.15) is 42.9 Å². The van der Waals surface area contributed by atoms with E-state index in [4.69, 9.17) is 0 Å². The van der Waals surface area contributed by atoms with Gasteiger partial charge in [-0.1, -0.05) is 43.7 Å². The highest BCUT2D eigenvalue weighted by molar-refractivity contribution is 5.72. The van der Waals surface area contributed by atoms with Gasteiger partial charge in [0.1, 0.15) is 0 Å². The van der Waals surface area contributed by atoms with Gasteiger partial charge in [0.25, 0.3) is 0 Å². The highest BCUT2D eigenvalue weighted by Crippen LogP contribution is 2.37. The van der Waals surface area contributed by atoms with Crippen molar-refractivity contribution in [3.05, 3.63) is 41.0 Å². The van der Waals surface area contributed by atoms with Crippen molar-refractivity contribution >= 4 is 5.57 Å². The van der Waals surface area contributed by atoms with Crippen LogP contribution < -0.4 is 0 Å². The van der Waals surface area contributed by atoms with Crippen LogP contribution in [0, 0.1) is 12.8 Å². The Balaban J connectivity index is 2.49. The lowest BCUT2D eigenvalue weighted by Gasteiger charge is -2.26. The molecule has 0 aromatic heterocycles. The highest BCUT2D eigenvalue weighted by atomic mass is 16.3. The monoisotopic (exact) mass is 216 g/mol. The van der Waals surface area contributed by atoms with Gasteiger partial charge in [0.2, 0.25) is 0 Å². The quantitative estimate of drug-likeness (QED) is 0.802. The molecule has 0 spiro atoms. The summed E-state index contributed by atoms with van der Waals surface area (Å²) in [5.74, 6) is 0.846. The van der Waals surface area contributed by atoms with Crippen molar-refractivity contribution in [2.75, 3.05) is 6.61 Å². The van der Waals surface area contributed by atoms with Gasteiger partial charge in [-0.25, -0.2) is 0 Å². The van der Waals surface area contributed by atoms with Crippen LogP contribution in [0.5, 0.6) is 0 Å². The third-order valence-corrected chi connectivity index (χ3v) is 3.55. The first-order valence-corrected chi connectivity index (χ1v) is 6.05. The van der Waals surface area contributed by atoms with Crippen molar-refractivity contribution in [1.29, 1.82) is 0 Å². The molecule has 1 aromatic carbocycles. The van der Waals surface area contributed by atoms with Crippen molar-refractivity contribution in [3.63, 3.8) is 0 Å². The zero-order chi connectivity index (χ0) is 11.7. The number of rotatable bonds is 2. The molecule has 16 heavy (non-hydrogen) atoms. The topological polar surface area (TPSA) is 20.2 Å². The van der Waals surface area contributed by atoms with Gasteiger partial charge in [-0.3, -0.25) is 0 Å². The second-order valence-corrected chi connectivity index (χ2v) is 4.97. The maximum Gasteiger partial charge on any atom is 0.0497 e. The minimum absolute atomic E-state index is 0.230. The first-order valence-electron chi connectivity index (χ1n) is 6.05. The molecule has 0 radical (unpaired) electrons. The molecule has 1 aliphatic carbocycles. The number of aliphatic hydroxyl groups is 1. The molecule has 1 nitrogen and oxygen atoms in total. The van der Waals surface area contributed by atoms with E-state index in [9.17, 15) is 5.11 Å². The zero-order valence-electron chi connectivity index (χ0n) is 10.3. The van der Waals surface area contributed by atoms with E-state index in [2.05, 4.69) is 45.0 Å². The van der Waals surface area contributed by atoms with Crippen LogP contribution in [-0.2, 0) is 0 Å². The molecule has 0 saturated carbocycles. The van der Waals surface area contributed by atoms with E-state index >= 15 is 0 Å². The van der Waals surface area contributed by atoms with Gasteiger partial charge in [-0.2, -0.15) is 0 Å². The molecule has 1 aliphatic rings. The molecule has 0 fully saturated rings. The molecule has 0 heterocycles. The Bertz CT molecular complexity index is 417. The van der Waals surface area contributed by atoms with Gasteiger partial charge in [-0.05, 0) is 36.0 Å². The fourth-order valence-electron chi connectivity index (χ4n) is 2.46. The minimum atomic E-state index is 0.230. The van der Waals surface area contributed by atoms with E-state index in [0.29, 0.717) is 5.92 Å². The fourth-order valence-corrected chi connectivity index (χ4v) is 2.46. The molecule has 0 saturated heterocycles. The van der Waals surface area contributed by atoms with E-state index in [0.717, 1.165) is 6.42 Å². The number of hydrogen-bond donors (Lipinski definition) is 1. The fraction of sp³-hybridized carbons (Fsp3) is 0.467. The normalized spacial score (nSPS) is 21.2. The molecule has 0 aliphatic heterocycles. The molecule has 0 amide bonds. The molecule has 0 bridgehead atoms. The van der Waals surface area contributed by atoms with Crippen LogP contribution in [0.3, 0.4) is 0 Å². The van der Waals surface area contributed by atoms with E-state index < -0.39 is 0 Å². The predicted octanol–water partition coefficient (Wildman–Crippen LogP) is 3.51. The second kappa shape index (κ2) is 4.42. The number of aryl methyl sites for hydroxylation is 1. The Morgan fingerprint density at radius 3 is 2.88 bits per heavy atom. The van der Waals surface area contributed by atoms with Gasteiger partial charge in [0, 0.05) is 12.5 Å². The van der Waals surface area contributed by atoms with E-state index in [1.165, 1.54) is 22.3 Å². The Morgan fingerprint density at radius 1 is 1.44 bits per heavy atom. The van der Waals surface area contributed by atoms with Gasteiger partial charge in [-0.15, -0.1) is 0 Å². The number of aliphatic hydroxyl groups excluding tert-OH is 1. The zero-order valence-corrected chi connectivity index (χ0v) is 10.3. The molecule has 2 rings (SSSR count). The van der Waals surface area contributed by atoms with Gasteiger partial charge >= 0.3 is 0 Å². The molecule has 0 unspecified atom stereocenters. The Morgan fingerprint density at radius 2 is 2.19 bits per heavy atom. The smallest absolute Gasteiger partial charge is 0.0497 e. The van der Waals surface area contributed by atoms with E-state index in [1.54, 1.807) is 0 Å². The molecule has 1 heteroatoms. The summed E-state index contributed by atoms with van der Waals surface area (Å²) in [5.41, 5.74) is 5.40. The Hall–Kier alpha value is -1.08. The van der Waals surface area contributed by atoms with Gasteiger partial charge in [0.15, 0.2) is 0 Å². The van der Waals surface area contributed by atoms with Crippen LogP contribution in [0.2, 0.25) is 0 Å². The SMILES string of the molecule is Cc1ccc2c(c1)C([C@@H](C)CO)=CC[C@H]2C. The lowest BCUT2D eigenvalue weighted by molar-refractivity contribution is 0.265. The molecule has 1 aromatic rings. The number of benzene rings is 1. The molecule has 2 atom stereocenters. The Labute approximate surface area is 97.8 Å². The summed E-state index contributed by atoms with van der Waals surface area (Å²) in [4.78, 5) is 0. The maximum absolute atomic E-state index is 9.31. The standard InChI is InChI=1S/C15H20O/c1-10-4-6-13-11(2)5-7-14(12(3)9-16)15(13)8-10/h4,6-8,11-12,16H,5,9H2,1-3H3/t11-,12+/m1/s1. The van der Waals surface area contributed by atoms with Gasteiger partial charge < -0.3 is 5.11 Å². The third-order valence-electron chi connectivity index (χ3n) is 3.55. The molecular weight excluding hydrogens is 196 g/mol. The molecule has 1 N–H and O–H groups in total. The molecular formula is C15H20O. The average Bonchev–Trinajstić information content (AvgIpc) is 2.28. The maximum atomic E-state index is 9.31. The van der Waals surface area contributed by atoms with Crippen LogP contribution in [0.15, 0.2) is 24.3 Å². The van der Waals surface area contributed by atoms with Crippen LogP contribution in [0.25, 0.3) is 5.57 Å². The van der Waals surface area contributed by atoms with Crippen molar-refractivity contribution in [3.8, 4) is 0 Å². The van der Waals surface area contributed by atoms with Crippen LogP contribution in [0.4, 0.5) is 0 Å². The van der Waals surface area contributed by atoms with Crippen molar-refractivity contribution in [2.24, 2.45) is 5.92 Å². The van der Waals surface area contributed by atoms with E-state index in [1.807, 2.05) is 0 Å². The van der Waals surface area contributed by atoms with Crippen LogP contribution >= 0.6 is 0 Å². The summed E-state index contributed by atoms with van der Waals surface area (Å²) in [6, 6.07) is 6.68. The van der Waals surface area contributed by atoms with Crippen LogP contribution in [-0.4, -0.2) is 11.7 Å². The minimum Gasteiger partial charge on any atom is -0.396 e. The summed E-state index contributed by atoms with van der Waals surface area (Å²) in [6.07, 6.45) is 3.39. The number of fused-ring (bicyclic) bond motifs is 1. The average molecular weight is 216 g/mol. The van der Waals surface area contributed by atoms with Crippen molar-refractivity contribution < 1.29 is 5.11 Å². The second-order valence-electron chi connectivity index (χ2n) is 4.97. The summed E-state index contributed by atoms with van der Waals surface area (Å²) in [6.45, 7) is 6.72. The van der Waals surface area contributed by atoms with Gasteiger partial charge in [0.05, 0.1) is 0 Å². The summed E-state index contributed by atoms with van der Waals surface area (Å²) in [7, 11) is 0. The lowest BCUT2D eigenvalue weighted by Crippen LogP contribution is -2.11. The lowest BCUT2D eigenvalue weighted by atomic mass is 9.79. The number of hydrogen-bond acceptors (Lipinski definition) is 1. The summed E-state index contributed by atoms with van der Waals surface area (Å²) >= 11 is 0. The predicted molar refractivity (Wildman–Crippen MR) is 68.4 cm³/mol. The Kier molecular flexibility index (Phi) is 3.15. The first kappa shape index (κ1) is 11.4. The number of allylic oxidation sites excluding steroid dienone is 1. The van der Waals surface area contributed by atoms with Crippen molar-refractivity contribution in [1.82, 2.24) is 0 Å². The third kappa shape index (κ3) is 1.92. The first-order chi connectivity index (χ1) is 7.63. The highest BCUT2D eigenvalue weighted by Gasteiger charge is 2.21. The largest absolute Gasteiger partial charge is 0.396 e. The molecule has 86 valence electrons. The van der Waals surface area contributed by atoms with E-state index in [-0.39, 0.29) is 12.5 Å².